The molecule has 0 atom stereocenters. The van der Waals surface area contributed by atoms with Gasteiger partial charge in [-0.25, -0.2) is 9.74 Å². The highest BCUT2D eigenvalue weighted by Crippen LogP contribution is 1.65. The molecule has 0 aromatic carbocycles. The summed E-state index contributed by atoms with van der Waals surface area (Å²) in [6.07, 6.45) is -1.41. The summed E-state index contributed by atoms with van der Waals surface area (Å²) < 4.78 is 10.1. The minimum Gasteiger partial charge on any atom is -0.332 e. The number of halogens is 1. The zero-order valence-electron chi connectivity index (χ0n) is 2.27. The van der Waals surface area contributed by atoms with E-state index in [0.717, 1.165) is 0 Å². The third-order valence-electron chi connectivity index (χ3n) is 0.0760. The Bertz CT molecular complexity index is 48.8. The van der Waals surface area contributed by atoms with Crippen molar-refractivity contribution in [2.24, 2.45) is 5.73 Å². The molecule has 0 aliphatic heterocycles. The van der Waals surface area contributed by atoms with Gasteiger partial charge >= 0.3 is 6.09 Å². The molecular weight excluding hydrogens is 105 g/mol. The van der Waals surface area contributed by atoms with E-state index in [1.165, 1.54) is 0 Å². The maximum absolute atomic E-state index is 10.1. The van der Waals surface area contributed by atoms with Gasteiger partial charge in [0.1, 0.15) is 0 Å². The molecule has 5 heteroatoms. The summed E-state index contributed by atoms with van der Waals surface area (Å²) in [5.74, 6) is 0. The van der Waals surface area contributed by atoms with Crippen molar-refractivity contribution in [2.45, 2.75) is 0 Å². The van der Waals surface area contributed by atoms with Crippen LogP contribution < -0.4 is 5.73 Å². The summed E-state index contributed by atoms with van der Waals surface area (Å²) >= 11 is 0. The topological polar surface area (TPSA) is 52.3 Å². The third-order valence-corrected chi connectivity index (χ3v) is 0.0760. The Hall–Kier alpha value is -0.583. The molecule has 2 N–H and O–H groups in total. The fraction of sp³-hybridized carbons (Fsp3) is 0. The molecule has 0 spiro atoms. The Morgan fingerprint density at radius 2 is 2.00 bits per heavy atom. The highest BCUT2D eigenvalue weighted by Gasteiger charge is 1.82. The van der Waals surface area contributed by atoms with Crippen molar-refractivity contribution in [3.63, 3.8) is 0 Å². The van der Waals surface area contributed by atoms with E-state index >= 15 is 0 Å². The van der Waals surface area contributed by atoms with Crippen LogP contribution in [0.25, 0.3) is 0 Å². The first kappa shape index (κ1) is 9.05. The molecule has 0 bridgehead atoms. The summed E-state index contributed by atoms with van der Waals surface area (Å²) in [4.78, 5) is 11.4. The second kappa shape index (κ2) is 4.42. The maximum Gasteiger partial charge on any atom is 0.442 e. The molecule has 0 heterocycles. The molecule has 3 nitrogen and oxygen atoms in total. The van der Waals surface area contributed by atoms with Gasteiger partial charge in [0.05, 0.1) is 0 Å². The van der Waals surface area contributed by atoms with Crippen molar-refractivity contribution in [1.82, 2.24) is 0 Å². The van der Waals surface area contributed by atoms with Crippen LogP contribution in [0, 0.1) is 0 Å². The van der Waals surface area contributed by atoms with Crippen molar-refractivity contribution in [2.75, 3.05) is 0 Å². The Morgan fingerprint density at radius 3 is 2.00 bits per heavy atom. The molecule has 0 saturated heterocycles. The lowest BCUT2D eigenvalue weighted by Gasteiger charge is -1.72. The SMILES string of the molecule is NC(=O)OF.[SiH4]. The second-order valence-electron chi connectivity index (χ2n) is 0.396. The van der Waals surface area contributed by atoms with E-state index in [1.54, 1.807) is 0 Å². The van der Waals surface area contributed by atoms with E-state index in [1.807, 2.05) is 0 Å². The van der Waals surface area contributed by atoms with E-state index in [-0.39, 0.29) is 11.0 Å². The number of hydrogen-bond donors (Lipinski definition) is 1. The minimum atomic E-state index is -1.41. The maximum atomic E-state index is 10.1. The van der Waals surface area contributed by atoms with Crippen molar-refractivity contribution in [1.29, 1.82) is 0 Å². The zero-order chi connectivity index (χ0) is 4.28. The molecule has 0 rings (SSSR count). The average molecular weight is 111 g/mol. The number of nitrogens with two attached hydrogens (primary N) is 1. The predicted octanol–water partition coefficient (Wildman–Crippen LogP) is -1.49. The van der Waals surface area contributed by atoms with E-state index in [4.69, 9.17) is 4.79 Å². The molecule has 6 heavy (non-hydrogen) atoms. The largest absolute Gasteiger partial charge is 0.442 e. The fourth-order valence-electron chi connectivity index (χ4n) is 0. The summed E-state index contributed by atoms with van der Waals surface area (Å²) in [6, 6.07) is 0. The standard InChI is InChI=1S/CH2FNO2.H4Si/c2-5-1(3)4;/h(H2,3,4);1H4. The number of primary amides is 1. The van der Waals surface area contributed by atoms with Gasteiger partial charge < -0.3 is 5.73 Å². The number of carbonyl (C=O) groups excluding carboxylic acids is 1. The lowest BCUT2D eigenvalue weighted by atomic mass is 11.3. The second-order valence-corrected chi connectivity index (χ2v) is 0.396. The van der Waals surface area contributed by atoms with Gasteiger partial charge in [0.25, 0.3) is 0 Å². The Balaban J connectivity index is 0. The molecule has 0 unspecified atom stereocenters. The Kier molecular flexibility index (Phi) is 6.66. The fourth-order valence-corrected chi connectivity index (χ4v) is 0. The molecule has 0 aromatic rings. The van der Waals surface area contributed by atoms with Crippen molar-refractivity contribution < 1.29 is 14.3 Å². The van der Waals surface area contributed by atoms with Crippen LogP contribution in [0.1, 0.15) is 0 Å². The molecular formula is CH6FNO2Si. The molecule has 0 saturated carbocycles. The molecule has 1 amide bonds. The number of rotatable bonds is 0. The van der Waals surface area contributed by atoms with Gasteiger partial charge in [-0.05, 0) is 11.0 Å². The van der Waals surface area contributed by atoms with Crippen LogP contribution in [0.4, 0.5) is 9.32 Å². The van der Waals surface area contributed by atoms with Gasteiger partial charge in [0, 0.05) is 4.53 Å². The quantitative estimate of drug-likeness (QED) is 0.387. The molecule has 0 aliphatic rings. The van der Waals surface area contributed by atoms with E-state index in [9.17, 15) is 4.53 Å². The number of amides is 1. The average Bonchev–Trinajstić information content (AvgIpc) is 1.38. The van der Waals surface area contributed by atoms with Crippen LogP contribution >= 0.6 is 0 Å². The van der Waals surface area contributed by atoms with Crippen LogP contribution in [0.3, 0.4) is 0 Å². The van der Waals surface area contributed by atoms with Crippen molar-refractivity contribution >= 4 is 17.1 Å². The monoisotopic (exact) mass is 111 g/mol. The molecule has 0 fully saturated rings. The molecule has 0 aromatic heterocycles. The van der Waals surface area contributed by atoms with Crippen LogP contribution in [0.15, 0.2) is 0 Å². The number of hydrogen-bond acceptors (Lipinski definition) is 2. The Morgan fingerprint density at radius 1 is 1.83 bits per heavy atom. The highest BCUT2D eigenvalue weighted by molar-refractivity contribution is 5.75. The van der Waals surface area contributed by atoms with Crippen LogP contribution in [-0.4, -0.2) is 17.1 Å². The third kappa shape index (κ3) is 9.94. The summed E-state index contributed by atoms with van der Waals surface area (Å²) in [5.41, 5.74) is 4.06. The number of carbonyl (C=O) groups is 1. The van der Waals surface area contributed by atoms with E-state index < -0.39 is 6.09 Å². The van der Waals surface area contributed by atoms with Crippen LogP contribution in [-0.2, 0) is 4.94 Å². The first-order valence-electron chi connectivity index (χ1n) is 0.851. The summed E-state index contributed by atoms with van der Waals surface area (Å²) in [7, 11) is 0. The van der Waals surface area contributed by atoms with E-state index in [2.05, 4.69) is 10.7 Å². The van der Waals surface area contributed by atoms with Crippen molar-refractivity contribution in [3.05, 3.63) is 0 Å². The highest BCUT2D eigenvalue weighted by atomic mass is 28.1. The normalized spacial score (nSPS) is 5.50. The lowest BCUT2D eigenvalue weighted by Crippen LogP contribution is -2.06. The van der Waals surface area contributed by atoms with Gasteiger partial charge in [-0.1, -0.05) is 0 Å². The van der Waals surface area contributed by atoms with Gasteiger partial charge in [-0.3, -0.25) is 0 Å². The molecule has 0 aliphatic carbocycles. The van der Waals surface area contributed by atoms with Gasteiger partial charge in [0.15, 0.2) is 0 Å². The summed E-state index contributed by atoms with van der Waals surface area (Å²) in [6.45, 7) is 0. The van der Waals surface area contributed by atoms with Gasteiger partial charge in [0.2, 0.25) is 0 Å². The Labute approximate surface area is 38.2 Å². The first-order valence-corrected chi connectivity index (χ1v) is 0.851. The van der Waals surface area contributed by atoms with E-state index in [0.29, 0.717) is 0 Å². The molecule has 38 valence electrons. The smallest absolute Gasteiger partial charge is 0.332 e. The van der Waals surface area contributed by atoms with Gasteiger partial charge in [-0.2, -0.15) is 0 Å². The predicted molar refractivity (Wildman–Crippen MR) is 23.1 cm³/mol. The first-order chi connectivity index (χ1) is 2.27. The van der Waals surface area contributed by atoms with Crippen LogP contribution in [0.2, 0.25) is 0 Å². The minimum absolute atomic E-state index is 0. The van der Waals surface area contributed by atoms with Crippen LogP contribution in [0.5, 0.6) is 0 Å². The summed E-state index contributed by atoms with van der Waals surface area (Å²) in [5, 5.41) is 0. The van der Waals surface area contributed by atoms with Gasteiger partial charge in [-0.15, -0.1) is 0 Å². The van der Waals surface area contributed by atoms with Crippen molar-refractivity contribution in [3.8, 4) is 0 Å². The zero-order valence-corrected chi connectivity index (χ0v) is 2.27. The lowest BCUT2D eigenvalue weighted by molar-refractivity contribution is -0.0572. The molecule has 0 radical (unpaired) electrons.